The summed E-state index contributed by atoms with van der Waals surface area (Å²) in [5.74, 6) is 2.65. The largest absolute Gasteiger partial charge is 0.346 e. The van der Waals surface area contributed by atoms with Gasteiger partial charge in [0, 0.05) is 41.0 Å². The van der Waals surface area contributed by atoms with Gasteiger partial charge in [0.05, 0.1) is 12.2 Å². The topological polar surface area (TPSA) is 66.3 Å². The molecule has 1 aliphatic carbocycles. The molecule has 1 saturated carbocycles. The van der Waals surface area contributed by atoms with Crippen LogP contribution in [0, 0.1) is 25.7 Å². The number of thiophene rings is 1. The number of rotatable bonds is 5. The van der Waals surface area contributed by atoms with Crippen molar-refractivity contribution < 1.29 is 4.79 Å². The van der Waals surface area contributed by atoms with E-state index in [1.807, 2.05) is 15.9 Å². The molecule has 2 fully saturated rings. The maximum absolute atomic E-state index is 11.7. The molecule has 2 atom stereocenters. The zero-order valence-electron chi connectivity index (χ0n) is 20.7. The lowest BCUT2D eigenvalue weighted by molar-refractivity contribution is -0.118. The van der Waals surface area contributed by atoms with Gasteiger partial charge >= 0.3 is 0 Å². The van der Waals surface area contributed by atoms with Crippen molar-refractivity contribution >= 4 is 33.0 Å². The Balaban J connectivity index is 1.43. The van der Waals surface area contributed by atoms with Gasteiger partial charge < -0.3 is 4.98 Å². The number of pyridine rings is 1. The second kappa shape index (κ2) is 8.02. The Labute approximate surface area is 204 Å². The summed E-state index contributed by atoms with van der Waals surface area (Å²) in [4.78, 5) is 25.2. The molecule has 0 radical (unpaired) electrons. The molecule has 178 valence electrons. The maximum Gasteiger partial charge on any atom is 0.158 e. The number of likely N-dealkylation sites (tertiary alicyclic amines) is 1. The summed E-state index contributed by atoms with van der Waals surface area (Å²) in [5, 5.41) is 5.81. The molecule has 6 rings (SSSR count). The number of nitrogens with one attached hydrogen (secondary N) is 1. The number of aromatic amines is 1. The number of Topliss-reactive ketones (excluding diaryl/α,β-unsaturated/α-hetero) is 1. The molecule has 2 aliphatic rings. The Morgan fingerprint density at radius 1 is 1.24 bits per heavy atom. The van der Waals surface area contributed by atoms with Gasteiger partial charge in [-0.3, -0.25) is 9.69 Å². The number of hydrogen-bond acceptors (Lipinski definition) is 5. The van der Waals surface area contributed by atoms with Crippen molar-refractivity contribution in [2.45, 2.75) is 59.3 Å². The molecule has 1 N–H and O–H groups in total. The lowest BCUT2D eigenvalue weighted by atomic mass is 9.82. The minimum Gasteiger partial charge on any atom is -0.346 e. The molecule has 1 saturated heterocycles. The number of carbonyl (C=O) groups is 1. The summed E-state index contributed by atoms with van der Waals surface area (Å²) in [6.45, 7) is 13.5. The van der Waals surface area contributed by atoms with Crippen LogP contribution in [-0.2, 0) is 4.79 Å². The zero-order valence-corrected chi connectivity index (χ0v) is 21.5. The van der Waals surface area contributed by atoms with Crippen LogP contribution in [0.1, 0.15) is 67.0 Å². The summed E-state index contributed by atoms with van der Waals surface area (Å²) in [6, 6.07) is 2.23. The van der Waals surface area contributed by atoms with Crippen LogP contribution >= 0.6 is 11.3 Å². The second-order valence-corrected chi connectivity index (χ2v) is 11.9. The molecule has 34 heavy (non-hydrogen) atoms. The van der Waals surface area contributed by atoms with E-state index in [9.17, 15) is 4.79 Å². The molecule has 5 heterocycles. The Kier molecular flexibility index (Phi) is 5.19. The van der Waals surface area contributed by atoms with Crippen molar-refractivity contribution in [3.05, 3.63) is 40.2 Å². The Hall–Kier alpha value is -2.51. The predicted octanol–water partition coefficient (Wildman–Crippen LogP) is 5.69. The van der Waals surface area contributed by atoms with E-state index in [1.165, 1.54) is 45.4 Å². The molecule has 0 aromatic carbocycles. The van der Waals surface area contributed by atoms with Crippen molar-refractivity contribution in [3.63, 3.8) is 0 Å². The number of nitrogens with zero attached hydrogens (tertiary/aromatic N) is 4. The average Bonchev–Trinajstić information content (AvgIpc) is 3.50. The fourth-order valence-corrected chi connectivity index (χ4v) is 8.31. The van der Waals surface area contributed by atoms with Crippen molar-refractivity contribution in [3.8, 4) is 11.3 Å². The third-order valence-corrected chi connectivity index (χ3v) is 9.35. The normalized spacial score (nSPS) is 23.1. The first kappa shape index (κ1) is 22.0. The number of hydrogen-bond donors (Lipinski definition) is 1. The van der Waals surface area contributed by atoms with Crippen LogP contribution in [0.15, 0.2) is 18.6 Å². The van der Waals surface area contributed by atoms with Gasteiger partial charge in [-0.1, -0.05) is 13.8 Å². The van der Waals surface area contributed by atoms with Crippen LogP contribution in [0.3, 0.4) is 0 Å². The highest BCUT2D eigenvalue weighted by atomic mass is 32.1. The number of carbonyl (C=O) groups excluding carboxylic acids is 1. The maximum atomic E-state index is 11.7. The van der Waals surface area contributed by atoms with E-state index in [2.05, 4.69) is 59.9 Å². The summed E-state index contributed by atoms with van der Waals surface area (Å²) < 4.78 is 1.88. The molecular weight excluding hydrogens is 442 g/mol. The highest BCUT2D eigenvalue weighted by molar-refractivity contribution is 7.19. The molecule has 6 nitrogen and oxygen atoms in total. The smallest absolute Gasteiger partial charge is 0.158 e. The van der Waals surface area contributed by atoms with E-state index < -0.39 is 0 Å². The van der Waals surface area contributed by atoms with E-state index in [0.717, 1.165) is 24.3 Å². The van der Waals surface area contributed by atoms with Gasteiger partial charge in [-0.25, -0.2) is 9.50 Å². The van der Waals surface area contributed by atoms with Gasteiger partial charge in [-0.2, -0.15) is 5.10 Å². The monoisotopic (exact) mass is 475 g/mol. The Bertz CT molecular complexity index is 1400. The number of fused-ring (bicyclic) bond motifs is 4. The third-order valence-electron chi connectivity index (χ3n) is 8.04. The van der Waals surface area contributed by atoms with Crippen molar-refractivity contribution in [2.75, 3.05) is 19.6 Å². The zero-order chi connectivity index (χ0) is 23.7. The standard InChI is InChI=1S/C27H33N5OS/c1-14(2)21-22-17(5)25(23-18-6-7-19(23)11-31(10-18)9-16(4)33)34-27(22)30-24(21)20-8-15(3)26-28-13-29-32(26)12-20/h8,12-14,18-19,23,30H,6-7,9-11H2,1-5H3. The molecule has 1 aliphatic heterocycles. The van der Waals surface area contributed by atoms with Gasteiger partial charge in [-0.15, -0.1) is 11.3 Å². The van der Waals surface area contributed by atoms with Crippen molar-refractivity contribution in [1.82, 2.24) is 24.5 Å². The molecule has 2 unspecified atom stereocenters. The van der Waals surface area contributed by atoms with Gasteiger partial charge in [0.1, 0.15) is 16.9 Å². The molecule has 2 bridgehead atoms. The van der Waals surface area contributed by atoms with Gasteiger partial charge in [0.15, 0.2) is 5.65 Å². The quantitative estimate of drug-likeness (QED) is 0.402. The summed E-state index contributed by atoms with van der Waals surface area (Å²) >= 11 is 1.97. The fourth-order valence-electron chi connectivity index (χ4n) is 6.79. The predicted molar refractivity (Wildman–Crippen MR) is 138 cm³/mol. The molecule has 7 heteroatoms. The summed E-state index contributed by atoms with van der Waals surface area (Å²) in [6.07, 6.45) is 6.29. The fraction of sp³-hybridized carbons (Fsp3) is 0.519. The van der Waals surface area contributed by atoms with Gasteiger partial charge in [-0.05, 0) is 74.1 Å². The Morgan fingerprint density at radius 3 is 2.65 bits per heavy atom. The minimum absolute atomic E-state index is 0.284. The highest BCUT2D eigenvalue weighted by Crippen LogP contribution is 2.53. The van der Waals surface area contributed by atoms with Crippen LogP contribution in [0.2, 0.25) is 0 Å². The van der Waals surface area contributed by atoms with E-state index in [0.29, 0.717) is 30.2 Å². The van der Waals surface area contributed by atoms with Crippen LogP contribution in [0.25, 0.3) is 27.1 Å². The molecule has 4 aromatic rings. The Morgan fingerprint density at radius 2 is 1.97 bits per heavy atom. The molecular formula is C27H33N5OS. The number of aromatic nitrogens is 4. The van der Waals surface area contributed by atoms with Crippen LogP contribution in [0.5, 0.6) is 0 Å². The third kappa shape index (κ3) is 3.35. The highest BCUT2D eigenvalue weighted by Gasteiger charge is 2.44. The van der Waals surface area contributed by atoms with E-state index in [4.69, 9.17) is 0 Å². The van der Waals surface area contributed by atoms with Crippen LogP contribution in [0.4, 0.5) is 0 Å². The molecule has 0 spiro atoms. The first-order valence-electron chi connectivity index (χ1n) is 12.5. The number of H-pyrrole nitrogens is 1. The second-order valence-electron chi connectivity index (χ2n) is 10.8. The van der Waals surface area contributed by atoms with Gasteiger partial charge in [0.2, 0.25) is 0 Å². The van der Waals surface area contributed by atoms with Gasteiger partial charge in [0.25, 0.3) is 0 Å². The lowest BCUT2D eigenvalue weighted by Gasteiger charge is -2.37. The van der Waals surface area contributed by atoms with E-state index >= 15 is 0 Å². The number of aryl methyl sites for hydroxylation is 2. The number of piperidine rings is 1. The summed E-state index contributed by atoms with van der Waals surface area (Å²) in [5.41, 5.74) is 7.30. The first-order valence-corrected chi connectivity index (χ1v) is 13.3. The molecule has 0 amide bonds. The molecule has 4 aromatic heterocycles. The van der Waals surface area contributed by atoms with E-state index in [-0.39, 0.29) is 5.78 Å². The minimum atomic E-state index is 0.284. The lowest BCUT2D eigenvalue weighted by Crippen LogP contribution is -2.42. The number of ketones is 1. The van der Waals surface area contributed by atoms with Crippen LogP contribution in [-0.4, -0.2) is 49.9 Å². The SMILES string of the molecule is CC(=O)CN1CC2CCC(C1)C2c1sc2[nH]c(-c3cc(C)c4ncnn4c3)c(C(C)C)c2c1C. The first-order chi connectivity index (χ1) is 16.3. The summed E-state index contributed by atoms with van der Waals surface area (Å²) in [7, 11) is 0. The van der Waals surface area contributed by atoms with Crippen LogP contribution < -0.4 is 0 Å². The van der Waals surface area contributed by atoms with E-state index in [1.54, 1.807) is 18.1 Å². The van der Waals surface area contributed by atoms with Crippen molar-refractivity contribution in [2.24, 2.45) is 11.8 Å². The van der Waals surface area contributed by atoms with Crippen molar-refractivity contribution in [1.29, 1.82) is 0 Å². The average molecular weight is 476 g/mol.